The molecule has 0 aromatic heterocycles. The molecule has 0 bridgehead atoms. The van der Waals surface area contributed by atoms with Crippen LogP contribution >= 0.6 is 0 Å². The standard InChI is InChI=1S/C10H8NO6S2/c11-8-3-1-2-6-4-7(18(12,13)14)5-9(10(6)8)19(15,16)17/h1-5,11H,(H,12,13,14)(H,15,16,17). The van der Waals surface area contributed by atoms with Gasteiger partial charge in [0.25, 0.3) is 20.2 Å². The minimum Gasteiger partial charge on any atom is -0.300 e. The Morgan fingerprint density at radius 3 is 2.11 bits per heavy atom. The second kappa shape index (κ2) is 4.17. The minimum atomic E-state index is -4.73. The normalized spacial score (nSPS) is 12.7. The van der Waals surface area contributed by atoms with Crippen molar-refractivity contribution in [1.82, 2.24) is 5.73 Å². The molecule has 0 heterocycles. The Balaban J connectivity index is 3.07. The molecule has 101 valence electrons. The molecule has 19 heavy (non-hydrogen) atoms. The average molecular weight is 302 g/mol. The van der Waals surface area contributed by atoms with Crippen molar-refractivity contribution < 1.29 is 25.9 Å². The first kappa shape index (κ1) is 13.7. The number of hydrogen-bond acceptors (Lipinski definition) is 4. The summed E-state index contributed by atoms with van der Waals surface area (Å²) in [5, 5.41) is -0.00681. The summed E-state index contributed by atoms with van der Waals surface area (Å²) >= 11 is 0. The van der Waals surface area contributed by atoms with Gasteiger partial charge in [0.1, 0.15) is 4.90 Å². The van der Waals surface area contributed by atoms with Gasteiger partial charge in [0, 0.05) is 5.39 Å². The van der Waals surface area contributed by atoms with Crippen LogP contribution in [0.2, 0.25) is 0 Å². The molecular formula is C10H8NO6S2. The quantitative estimate of drug-likeness (QED) is 0.802. The van der Waals surface area contributed by atoms with Crippen LogP contribution in [0.1, 0.15) is 0 Å². The van der Waals surface area contributed by atoms with E-state index in [9.17, 15) is 16.8 Å². The van der Waals surface area contributed by atoms with E-state index in [1.165, 1.54) is 18.2 Å². The van der Waals surface area contributed by atoms with E-state index in [4.69, 9.17) is 14.8 Å². The van der Waals surface area contributed by atoms with Crippen LogP contribution < -0.4 is 5.73 Å². The van der Waals surface area contributed by atoms with Gasteiger partial charge in [-0.15, -0.1) is 0 Å². The van der Waals surface area contributed by atoms with Gasteiger partial charge in [-0.25, -0.2) is 0 Å². The molecule has 0 saturated carbocycles. The summed E-state index contributed by atoms with van der Waals surface area (Å²) < 4.78 is 62.8. The lowest BCUT2D eigenvalue weighted by atomic mass is 10.1. The van der Waals surface area contributed by atoms with E-state index in [1.807, 2.05) is 0 Å². The topological polar surface area (TPSA) is 133 Å². The molecule has 0 aliphatic carbocycles. The molecule has 2 rings (SSSR count). The van der Waals surface area contributed by atoms with E-state index in [2.05, 4.69) is 0 Å². The molecular weight excluding hydrogens is 294 g/mol. The number of benzene rings is 2. The third-order valence-corrected chi connectivity index (χ3v) is 4.20. The predicted octanol–water partition coefficient (Wildman–Crippen LogP) is 1.25. The minimum absolute atomic E-state index is 0.107. The largest absolute Gasteiger partial charge is 0.300 e. The summed E-state index contributed by atoms with van der Waals surface area (Å²) in [7, 11) is -9.36. The molecule has 7 nitrogen and oxygen atoms in total. The Labute approximate surface area is 109 Å². The van der Waals surface area contributed by atoms with Crippen LogP contribution in [0.4, 0.5) is 5.69 Å². The number of rotatable bonds is 2. The molecule has 3 N–H and O–H groups in total. The summed E-state index contributed by atoms with van der Waals surface area (Å²) in [5.74, 6) is 0. The fourth-order valence-electron chi connectivity index (χ4n) is 1.71. The van der Waals surface area contributed by atoms with Crippen LogP contribution in [-0.2, 0) is 20.2 Å². The van der Waals surface area contributed by atoms with Gasteiger partial charge >= 0.3 is 0 Å². The summed E-state index contributed by atoms with van der Waals surface area (Å²) in [4.78, 5) is -1.40. The van der Waals surface area contributed by atoms with Gasteiger partial charge in [-0.05, 0) is 23.6 Å². The Bertz CT molecular complexity index is 870. The first-order chi connectivity index (χ1) is 8.60. The SMILES string of the molecule is [NH]c1cccc2cc(S(=O)(=O)O)cc(S(=O)(=O)O)c12. The van der Waals surface area contributed by atoms with E-state index in [0.717, 1.165) is 6.07 Å². The van der Waals surface area contributed by atoms with E-state index >= 15 is 0 Å². The van der Waals surface area contributed by atoms with E-state index < -0.39 is 30.0 Å². The van der Waals surface area contributed by atoms with Crippen LogP contribution in [0, 0.1) is 0 Å². The van der Waals surface area contributed by atoms with Gasteiger partial charge in [0.15, 0.2) is 0 Å². The molecule has 0 atom stereocenters. The zero-order chi connectivity index (χ0) is 14.4. The highest BCUT2D eigenvalue weighted by Crippen LogP contribution is 2.31. The molecule has 0 fully saturated rings. The van der Waals surface area contributed by atoms with Gasteiger partial charge < -0.3 is 5.73 Å². The Morgan fingerprint density at radius 1 is 0.947 bits per heavy atom. The summed E-state index contributed by atoms with van der Waals surface area (Å²) in [6.45, 7) is 0. The van der Waals surface area contributed by atoms with Crippen molar-refractivity contribution in [2.75, 3.05) is 0 Å². The van der Waals surface area contributed by atoms with Crippen molar-refractivity contribution in [3.63, 3.8) is 0 Å². The highest BCUT2D eigenvalue weighted by molar-refractivity contribution is 7.86. The zero-order valence-electron chi connectivity index (χ0n) is 9.23. The Kier molecular flexibility index (Phi) is 3.01. The van der Waals surface area contributed by atoms with Crippen LogP contribution in [0.15, 0.2) is 40.1 Å². The van der Waals surface area contributed by atoms with Crippen LogP contribution in [0.3, 0.4) is 0 Å². The lowest BCUT2D eigenvalue weighted by Crippen LogP contribution is -2.04. The molecule has 0 unspecified atom stereocenters. The maximum Gasteiger partial charge on any atom is 0.295 e. The molecule has 0 aliphatic heterocycles. The Morgan fingerprint density at radius 2 is 1.58 bits per heavy atom. The highest BCUT2D eigenvalue weighted by atomic mass is 32.2. The van der Waals surface area contributed by atoms with Gasteiger partial charge in [-0.3, -0.25) is 9.11 Å². The van der Waals surface area contributed by atoms with Crippen molar-refractivity contribution in [3.8, 4) is 0 Å². The molecule has 0 aliphatic rings. The lowest BCUT2D eigenvalue weighted by Gasteiger charge is -2.08. The van der Waals surface area contributed by atoms with Crippen molar-refractivity contribution in [1.29, 1.82) is 0 Å². The monoisotopic (exact) mass is 302 g/mol. The molecule has 1 radical (unpaired) electrons. The van der Waals surface area contributed by atoms with Crippen molar-refractivity contribution >= 4 is 36.7 Å². The van der Waals surface area contributed by atoms with E-state index in [0.29, 0.717) is 6.07 Å². The first-order valence-corrected chi connectivity index (χ1v) is 7.72. The molecule has 0 spiro atoms. The number of fused-ring (bicyclic) bond motifs is 1. The molecule has 2 aromatic rings. The second-order valence-electron chi connectivity index (χ2n) is 3.78. The van der Waals surface area contributed by atoms with Gasteiger partial charge in [0.2, 0.25) is 0 Å². The van der Waals surface area contributed by atoms with Crippen LogP contribution in [0.25, 0.3) is 10.8 Å². The number of nitrogens with one attached hydrogen (secondary N) is 1. The smallest absolute Gasteiger partial charge is 0.295 e. The molecule has 2 aromatic carbocycles. The third kappa shape index (κ3) is 2.54. The van der Waals surface area contributed by atoms with E-state index in [1.54, 1.807) is 0 Å². The zero-order valence-corrected chi connectivity index (χ0v) is 10.9. The fourth-order valence-corrected chi connectivity index (χ4v) is 3.09. The van der Waals surface area contributed by atoms with Gasteiger partial charge in [-0.1, -0.05) is 12.1 Å². The lowest BCUT2D eigenvalue weighted by molar-refractivity contribution is 0.482. The predicted molar refractivity (Wildman–Crippen MR) is 66.3 cm³/mol. The Hall–Kier alpha value is -1.68. The second-order valence-corrected chi connectivity index (χ2v) is 6.59. The molecule has 0 saturated heterocycles. The van der Waals surface area contributed by atoms with Gasteiger partial charge in [-0.2, -0.15) is 16.8 Å². The summed E-state index contributed by atoms with van der Waals surface area (Å²) in [6.07, 6.45) is 0. The maximum atomic E-state index is 11.3. The molecule has 0 amide bonds. The highest BCUT2D eigenvalue weighted by Gasteiger charge is 2.21. The van der Waals surface area contributed by atoms with Crippen molar-refractivity contribution in [2.24, 2.45) is 0 Å². The average Bonchev–Trinajstić information content (AvgIpc) is 2.25. The summed E-state index contributed by atoms with van der Waals surface area (Å²) in [6, 6.07) is 5.73. The third-order valence-electron chi connectivity index (χ3n) is 2.49. The van der Waals surface area contributed by atoms with Crippen molar-refractivity contribution in [3.05, 3.63) is 30.3 Å². The van der Waals surface area contributed by atoms with Crippen LogP contribution in [-0.4, -0.2) is 25.9 Å². The fraction of sp³-hybridized carbons (Fsp3) is 0. The van der Waals surface area contributed by atoms with Crippen LogP contribution in [0.5, 0.6) is 0 Å². The first-order valence-electron chi connectivity index (χ1n) is 4.84. The van der Waals surface area contributed by atoms with E-state index in [-0.39, 0.29) is 16.5 Å². The van der Waals surface area contributed by atoms with Crippen molar-refractivity contribution in [2.45, 2.75) is 9.79 Å². The van der Waals surface area contributed by atoms with Gasteiger partial charge in [0.05, 0.1) is 10.6 Å². The summed E-state index contributed by atoms with van der Waals surface area (Å²) in [5.41, 5.74) is 7.44. The molecule has 9 heteroatoms. The maximum absolute atomic E-state index is 11.3. The number of hydrogen-bond donors (Lipinski definition) is 2.